The molecule has 2 rings (SSSR count). The van der Waals surface area contributed by atoms with Crippen molar-refractivity contribution in [1.82, 2.24) is 25.4 Å². The molecule has 0 aliphatic carbocycles. The predicted molar refractivity (Wildman–Crippen MR) is 42.9 cm³/mol. The highest BCUT2D eigenvalue weighted by Crippen LogP contribution is 1.99. The van der Waals surface area contributed by atoms with Gasteiger partial charge < -0.3 is 0 Å². The molecule has 2 heterocycles. The van der Waals surface area contributed by atoms with Crippen LogP contribution in [0.5, 0.6) is 0 Å². The zero-order valence-corrected chi connectivity index (χ0v) is 6.48. The summed E-state index contributed by atoms with van der Waals surface area (Å²) in [6.07, 6.45) is 4.22. The third-order valence-electron chi connectivity index (χ3n) is 1.41. The maximum Gasteiger partial charge on any atom is 0.261 e. The summed E-state index contributed by atoms with van der Waals surface area (Å²) in [6, 6.07) is 0. The summed E-state index contributed by atoms with van der Waals surface area (Å²) in [5, 5.41) is 14.8. The number of hydrogen-bond donors (Lipinski definition) is 3. The van der Waals surface area contributed by atoms with Crippen molar-refractivity contribution < 1.29 is 4.79 Å². The first-order valence-corrected chi connectivity index (χ1v) is 3.52. The summed E-state index contributed by atoms with van der Waals surface area (Å²) >= 11 is 0. The molecule has 7 nitrogen and oxygen atoms in total. The normalized spacial score (nSPS) is 9.85. The number of rotatable bonds is 2. The number of nitrogens with one attached hydrogen (secondary N) is 3. The van der Waals surface area contributed by atoms with E-state index in [2.05, 4.69) is 30.7 Å². The molecule has 3 N–H and O–H groups in total. The van der Waals surface area contributed by atoms with E-state index in [0.717, 1.165) is 0 Å². The number of H-pyrrole nitrogens is 2. The summed E-state index contributed by atoms with van der Waals surface area (Å²) in [5.41, 5.74) is 0.441. The van der Waals surface area contributed by atoms with Gasteiger partial charge in [0, 0.05) is 6.20 Å². The zero-order chi connectivity index (χ0) is 9.10. The third kappa shape index (κ3) is 1.53. The fraction of sp³-hybridized carbons (Fsp3) is 0. The molecule has 66 valence electrons. The van der Waals surface area contributed by atoms with E-state index in [0.29, 0.717) is 11.5 Å². The van der Waals surface area contributed by atoms with Gasteiger partial charge in [-0.25, -0.2) is 5.10 Å². The molecule has 0 fully saturated rings. The van der Waals surface area contributed by atoms with Gasteiger partial charge in [0.25, 0.3) is 5.91 Å². The molecule has 7 heteroatoms. The van der Waals surface area contributed by atoms with E-state index >= 15 is 0 Å². The van der Waals surface area contributed by atoms with Gasteiger partial charge in [0.2, 0.25) is 5.95 Å². The number of aromatic nitrogens is 5. The van der Waals surface area contributed by atoms with Crippen LogP contribution in [0.2, 0.25) is 0 Å². The minimum absolute atomic E-state index is 0.287. The molecule has 0 aliphatic rings. The van der Waals surface area contributed by atoms with Gasteiger partial charge in [-0.1, -0.05) is 0 Å². The highest BCUT2D eigenvalue weighted by atomic mass is 16.1. The Bertz CT molecular complexity index is 377. The van der Waals surface area contributed by atoms with Crippen LogP contribution in [0, 0.1) is 0 Å². The van der Waals surface area contributed by atoms with Gasteiger partial charge in [-0.3, -0.25) is 15.2 Å². The summed E-state index contributed by atoms with van der Waals surface area (Å²) in [4.78, 5) is 15.1. The van der Waals surface area contributed by atoms with Crippen LogP contribution in [-0.2, 0) is 0 Å². The average molecular weight is 178 g/mol. The number of aromatic amines is 2. The van der Waals surface area contributed by atoms with Gasteiger partial charge in [0.05, 0.1) is 11.8 Å². The number of carbonyl (C=O) groups is 1. The maximum atomic E-state index is 11.3. The van der Waals surface area contributed by atoms with Crippen LogP contribution in [0.25, 0.3) is 0 Å². The van der Waals surface area contributed by atoms with Crippen molar-refractivity contribution in [3.05, 3.63) is 24.3 Å². The molecule has 0 atom stereocenters. The Morgan fingerprint density at radius 2 is 2.38 bits per heavy atom. The number of amides is 1. The molecular formula is C6H6N6O. The van der Waals surface area contributed by atoms with Crippen molar-refractivity contribution >= 4 is 11.9 Å². The van der Waals surface area contributed by atoms with Crippen LogP contribution >= 0.6 is 0 Å². The number of nitrogens with zero attached hydrogens (tertiary/aromatic N) is 3. The second kappa shape index (κ2) is 3.05. The second-order valence-corrected chi connectivity index (χ2v) is 2.28. The Morgan fingerprint density at radius 3 is 3.00 bits per heavy atom. The van der Waals surface area contributed by atoms with Crippen molar-refractivity contribution in [2.24, 2.45) is 0 Å². The lowest BCUT2D eigenvalue weighted by Gasteiger charge is -1.95. The van der Waals surface area contributed by atoms with E-state index in [9.17, 15) is 4.79 Å². The average Bonchev–Trinajstić information content (AvgIpc) is 2.74. The molecule has 0 saturated heterocycles. The fourth-order valence-electron chi connectivity index (χ4n) is 0.820. The van der Waals surface area contributed by atoms with E-state index in [-0.39, 0.29) is 5.91 Å². The molecule has 0 unspecified atom stereocenters. The number of hydrogen-bond acceptors (Lipinski definition) is 4. The fourth-order valence-corrected chi connectivity index (χ4v) is 0.820. The van der Waals surface area contributed by atoms with Crippen LogP contribution < -0.4 is 5.32 Å². The van der Waals surface area contributed by atoms with E-state index in [1.807, 2.05) is 0 Å². The van der Waals surface area contributed by atoms with Gasteiger partial charge in [-0.15, -0.1) is 0 Å². The largest absolute Gasteiger partial charge is 0.291 e. The topological polar surface area (TPSA) is 99.3 Å². The molecule has 0 radical (unpaired) electrons. The maximum absolute atomic E-state index is 11.3. The van der Waals surface area contributed by atoms with Crippen LogP contribution in [-0.4, -0.2) is 31.3 Å². The summed E-state index contributed by atoms with van der Waals surface area (Å²) in [7, 11) is 0. The van der Waals surface area contributed by atoms with Crippen molar-refractivity contribution in [1.29, 1.82) is 0 Å². The first-order chi connectivity index (χ1) is 6.36. The lowest BCUT2D eigenvalue weighted by atomic mass is 10.3. The van der Waals surface area contributed by atoms with Crippen LogP contribution in [0.4, 0.5) is 5.95 Å². The smallest absolute Gasteiger partial charge is 0.261 e. The number of carbonyl (C=O) groups excluding carboxylic acids is 1. The highest BCUT2D eigenvalue weighted by Gasteiger charge is 2.07. The summed E-state index contributed by atoms with van der Waals surface area (Å²) in [6.45, 7) is 0. The molecule has 0 aromatic carbocycles. The Labute approximate surface area is 72.6 Å². The summed E-state index contributed by atoms with van der Waals surface area (Å²) in [5.74, 6) is 0.0247. The Kier molecular flexibility index (Phi) is 1.75. The number of anilines is 1. The van der Waals surface area contributed by atoms with E-state index < -0.39 is 0 Å². The van der Waals surface area contributed by atoms with E-state index in [1.54, 1.807) is 0 Å². The standard InChI is InChI=1S/C6H6N6O/c13-5(4-1-8-9-2-4)11-6-7-3-10-12-6/h1-3H,(H,8,9)(H2,7,10,11,12,13). The van der Waals surface area contributed by atoms with Gasteiger partial charge in [-0.05, 0) is 0 Å². The van der Waals surface area contributed by atoms with Crippen molar-refractivity contribution in [3.63, 3.8) is 0 Å². The highest BCUT2D eigenvalue weighted by molar-refractivity contribution is 6.02. The van der Waals surface area contributed by atoms with Crippen molar-refractivity contribution in [2.45, 2.75) is 0 Å². The van der Waals surface area contributed by atoms with Gasteiger partial charge in [-0.2, -0.15) is 15.2 Å². The second-order valence-electron chi connectivity index (χ2n) is 2.28. The van der Waals surface area contributed by atoms with Crippen molar-refractivity contribution in [3.8, 4) is 0 Å². The SMILES string of the molecule is O=C(Nc1ncn[nH]1)c1cn[nH]c1. The summed E-state index contributed by atoms with van der Waals surface area (Å²) < 4.78 is 0. The van der Waals surface area contributed by atoms with Gasteiger partial charge in [0.1, 0.15) is 6.33 Å². The van der Waals surface area contributed by atoms with Gasteiger partial charge >= 0.3 is 0 Å². The first kappa shape index (κ1) is 7.47. The Balaban J connectivity index is 2.08. The van der Waals surface area contributed by atoms with Gasteiger partial charge in [0.15, 0.2) is 0 Å². The van der Waals surface area contributed by atoms with Crippen LogP contribution in [0.15, 0.2) is 18.7 Å². The first-order valence-electron chi connectivity index (χ1n) is 3.52. The molecule has 0 spiro atoms. The molecule has 2 aromatic rings. The molecule has 13 heavy (non-hydrogen) atoms. The van der Waals surface area contributed by atoms with E-state index in [1.165, 1.54) is 18.7 Å². The molecule has 0 aliphatic heterocycles. The minimum Gasteiger partial charge on any atom is -0.291 e. The van der Waals surface area contributed by atoms with Crippen LogP contribution in [0.3, 0.4) is 0 Å². The quantitative estimate of drug-likeness (QED) is 0.591. The lowest BCUT2D eigenvalue weighted by Crippen LogP contribution is -2.11. The van der Waals surface area contributed by atoms with Crippen LogP contribution in [0.1, 0.15) is 10.4 Å². The predicted octanol–water partition coefficient (Wildman–Crippen LogP) is -0.220. The van der Waals surface area contributed by atoms with Crippen molar-refractivity contribution in [2.75, 3.05) is 5.32 Å². The Hall–Kier alpha value is -2.18. The zero-order valence-electron chi connectivity index (χ0n) is 6.48. The monoisotopic (exact) mass is 178 g/mol. The molecule has 0 bridgehead atoms. The molecular weight excluding hydrogens is 172 g/mol. The molecule has 0 saturated carbocycles. The molecule has 1 amide bonds. The lowest BCUT2D eigenvalue weighted by molar-refractivity contribution is 0.102. The third-order valence-corrected chi connectivity index (χ3v) is 1.41. The Morgan fingerprint density at radius 1 is 1.46 bits per heavy atom. The molecule has 2 aromatic heterocycles. The minimum atomic E-state index is -0.287. The van der Waals surface area contributed by atoms with E-state index in [4.69, 9.17) is 0 Å².